The summed E-state index contributed by atoms with van der Waals surface area (Å²) in [5.41, 5.74) is 7.06. The number of hydrogen-bond donors (Lipinski definition) is 3. The van der Waals surface area contributed by atoms with Crippen molar-refractivity contribution < 1.29 is 9.90 Å². The van der Waals surface area contributed by atoms with E-state index in [1.807, 2.05) is 0 Å². The van der Waals surface area contributed by atoms with Crippen LogP contribution in [0.25, 0.3) is 0 Å². The Morgan fingerprint density at radius 3 is 2.52 bits per heavy atom. The van der Waals surface area contributed by atoms with Gasteiger partial charge in [-0.2, -0.15) is 0 Å². The zero-order valence-corrected chi connectivity index (χ0v) is 14.5. The molecule has 0 spiro atoms. The van der Waals surface area contributed by atoms with E-state index in [-0.39, 0.29) is 16.6 Å². The summed E-state index contributed by atoms with van der Waals surface area (Å²) in [6.07, 6.45) is 0. The standard InChI is InChI=1S/C14H10Br2N2O2S/c15-8-2-4-11(9(6-8)13(17)21)18-14(20)7-1-3-10(16)12(19)5-7/h1-6,19H,(H2,17,21)(H,18,20). The zero-order valence-electron chi connectivity index (χ0n) is 10.6. The molecule has 21 heavy (non-hydrogen) atoms. The fourth-order valence-electron chi connectivity index (χ4n) is 1.68. The van der Waals surface area contributed by atoms with Gasteiger partial charge in [0.2, 0.25) is 0 Å². The van der Waals surface area contributed by atoms with Crippen molar-refractivity contribution in [3.05, 3.63) is 56.5 Å². The number of hydrogen-bond acceptors (Lipinski definition) is 3. The maximum atomic E-state index is 12.2. The monoisotopic (exact) mass is 428 g/mol. The highest BCUT2D eigenvalue weighted by Crippen LogP contribution is 2.26. The molecule has 2 aromatic rings. The van der Waals surface area contributed by atoms with E-state index >= 15 is 0 Å². The molecule has 4 nitrogen and oxygen atoms in total. The molecule has 0 fully saturated rings. The van der Waals surface area contributed by atoms with Gasteiger partial charge in [-0.1, -0.05) is 28.1 Å². The number of amides is 1. The van der Waals surface area contributed by atoms with Crippen LogP contribution in [0.4, 0.5) is 5.69 Å². The van der Waals surface area contributed by atoms with Crippen LogP contribution in [0.5, 0.6) is 5.75 Å². The molecule has 7 heteroatoms. The van der Waals surface area contributed by atoms with Crippen molar-refractivity contribution in [2.24, 2.45) is 5.73 Å². The van der Waals surface area contributed by atoms with E-state index in [1.54, 1.807) is 30.3 Å². The van der Waals surface area contributed by atoms with Gasteiger partial charge < -0.3 is 16.2 Å². The van der Waals surface area contributed by atoms with Gasteiger partial charge in [0.15, 0.2) is 0 Å². The molecule has 0 unspecified atom stereocenters. The Morgan fingerprint density at radius 1 is 1.19 bits per heavy atom. The molecule has 108 valence electrons. The SMILES string of the molecule is NC(=S)c1cc(Br)ccc1NC(=O)c1ccc(Br)c(O)c1. The predicted molar refractivity (Wildman–Crippen MR) is 93.8 cm³/mol. The van der Waals surface area contributed by atoms with Gasteiger partial charge in [-0.3, -0.25) is 4.79 Å². The lowest BCUT2D eigenvalue weighted by molar-refractivity contribution is 0.102. The molecule has 2 rings (SSSR count). The van der Waals surface area contributed by atoms with Crippen molar-refractivity contribution in [3.8, 4) is 5.75 Å². The zero-order chi connectivity index (χ0) is 15.6. The van der Waals surface area contributed by atoms with Gasteiger partial charge in [0, 0.05) is 15.6 Å². The van der Waals surface area contributed by atoms with Crippen molar-refractivity contribution in [2.75, 3.05) is 5.32 Å². The number of carbonyl (C=O) groups excluding carboxylic acids is 1. The number of benzene rings is 2. The summed E-state index contributed by atoms with van der Waals surface area (Å²) in [4.78, 5) is 12.4. The second kappa shape index (κ2) is 6.55. The summed E-state index contributed by atoms with van der Waals surface area (Å²) < 4.78 is 1.33. The van der Waals surface area contributed by atoms with Gasteiger partial charge in [-0.15, -0.1) is 0 Å². The highest BCUT2D eigenvalue weighted by molar-refractivity contribution is 9.10. The molecule has 0 aliphatic carbocycles. The Kier molecular flexibility index (Phi) is 4.97. The number of rotatable bonds is 3. The number of carbonyl (C=O) groups is 1. The topological polar surface area (TPSA) is 75.3 Å². The van der Waals surface area contributed by atoms with E-state index in [1.165, 1.54) is 6.07 Å². The number of phenols is 1. The van der Waals surface area contributed by atoms with E-state index in [9.17, 15) is 9.90 Å². The number of phenolic OH excluding ortho intramolecular Hbond substituents is 1. The van der Waals surface area contributed by atoms with Crippen LogP contribution in [-0.4, -0.2) is 16.0 Å². The average molecular weight is 430 g/mol. The van der Waals surface area contributed by atoms with Gasteiger partial charge in [0.1, 0.15) is 10.7 Å². The Labute approximate surface area is 143 Å². The van der Waals surface area contributed by atoms with Crippen LogP contribution in [0.2, 0.25) is 0 Å². The molecule has 2 aromatic carbocycles. The first-order valence-corrected chi connectivity index (χ1v) is 7.77. The van der Waals surface area contributed by atoms with Gasteiger partial charge in [-0.05, 0) is 52.3 Å². The number of thiocarbonyl (C=S) groups is 1. The molecule has 0 aromatic heterocycles. The maximum absolute atomic E-state index is 12.2. The fraction of sp³-hybridized carbons (Fsp3) is 0. The average Bonchev–Trinajstić information content (AvgIpc) is 2.43. The van der Waals surface area contributed by atoms with Crippen LogP contribution in [0.1, 0.15) is 15.9 Å². The minimum Gasteiger partial charge on any atom is -0.507 e. The molecule has 0 heterocycles. The predicted octanol–water partition coefficient (Wildman–Crippen LogP) is 3.80. The molecule has 0 aliphatic rings. The summed E-state index contributed by atoms with van der Waals surface area (Å²) in [5.74, 6) is -0.370. The number of nitrogens with two attached hydrogens (primary N) is 1. The Bertz CT molecular complexity index is 735. The van der Waals surface area contributed by atoms with Crippen LogP contribution in [0.15, 0.2) is 45.3 Å². The summed E-state index contributed by atoms with van der Waals surface area (Å²) in [6, 6.07) is 9.78. The lowest BCUT2D eigenvalue weighted by Crippen LogP contribution is -2.17. The van der Waals surface area contributed by atoms with Crippen LogP contribution < -0.4 is 11.1 Å². The first-order chi connectivity index (χ1) is 9.88. The normalized spacial score (nSPS) is 10.2. The van der Waals surface area contributed by atoms with Crippen LogP contribution >= 0.6 is 44.1 Å². The van der Waals surface area contributed by atoms with Crippen LogP contribution in [-0.2, 0) is 0 Å². The Hall–Kier alpha value is -1.44. The van der Waals surface area contributed by atoms with Gasteiger partial charge in [0.05, 0.1) is 10.2 Å². The smallest absolute Gasteiger partial charge is 0.255 e. The summed E-state index contributed by atoms with van der Waals surface area (Å²) in [5, 5.41) is 12.3. The molecule has 1 amide bonds. The lowest BCUT2D eigenvalue weighted by atomic mass is 10.1. The van der Waals surface area contributed by atoms with Crippen molar-refractivity contribution >= 4 is 60.7 Å². The molecule has 0 saturated heterocycles. The second-order valence-corrected chi connectivity index (χ2v) is 6.38. The first-order valence-electron chi connectivity index (χ1n) is 5.77. The van der Waals surface area contributed by atoms with Crippen molar-refractivity contribution in [2.45, 2.75) is 0 Å². The van der Waals surface area contributed by atoms with E-state index < -0.39 is 0 Å². The van der Waals surface area contributed by atoms with Crippen LogP contribution in [0.3, 0.4) is 0 Å². The minimum atomic E-state index is -0.363. The highest BCUT2D eigenvalue weighted by Gasteiger charge is 2.12. The third-order valence-electron chi connectivity index (χ3n) is 2.70. The summed E-state index contributed by atoms with van der Waals surface area (Å²) in [7, 11) is 0. The Balaban J connectivity index is 2.31. The molecule has 0 radical (unpaired) electrons. The van der Waals surface area contributed by atoms with E-state index in [0.29, 0.717) is 21.3 Å². The van der Waals surface area contributed by atoms with Crippen molar-refractivity contribution in [1.82, 2.24) is 0 Å². The third kappa shape index (κ3) is 3.81. The summed E-state index contributed by atoms with van der Waals surface area (Å²) in [6.45, 7) is 0. The molecule has 0 saturated carbocycles. The quantitative estimate of drug-likeness (QED) is 0.648. The molecule has 0 aliphatic heterocycles. The van der Waals surface area contributed by atoms with Crippen molar-refractivity contribution in [1.29, 1.82) is 0 Å². The van der Waals surface area contributed by atoms with E-state index in [0.717, 1.165) is 4.47 Å². The molecular weight excluding hydrogens is 420 g/mol. The van der Waals surface area contributed by atoms with Gasteiger partial charge in [0.25, 0.3) is 5.91 Å². The number of aromatic hydroxyl groups is 1. The van der Waals surface area contributed by atoms with Crippen LogP contribution in [0, 0.1) is 0 Å². The van der Waals surface area contributed by atoms with Crippen molar-refractivity contribution in [3.63, 3.8) is 0 Å². The second-order valence-electron chi connectivity index (χ2n) is 4.17. The maximum Gasteiger partial charge on any atom is 0.255 e. The molecular formula is C14H10Br2N2O2S. The molecule has 4 N–H and O–H groups in total. The minimum absolute atomic E-state index is 0.00646. The molecule has 0 atom stereocenters. The third-order valence-corrected chi connectivity index (χ3v) is 4.09. The largest absolute Gasteiger partial charge is 0.507 e. The highest BCUT2D eigenvalue weighted by atomic mass is 79.9. The first kappa shape index (κ1) is 15.9. The number of halogens is 2. The number of nitrogens with one attached hydrogen (secondary N) is 1. The lowest BCUT2D eigenvalue weighted by Gasteiger charge is -2.11. The number of anilines is 1. The van der Waals surface area contributed by atoms with E-state index in [4.69, 9.17) is 18.0 Å². The fourth-order valence-corrected chi connectivity index (χ4v) is 2.45. The summed E-state index contributed by atoms with van der Waals surface area (Å²) >= 11 is 11.5. The Morgan fingerprint density at radius 2 is 1.90 bits per heavy atom. The molecule has 0 bridgehead atoms. The van der Waals surface area contributed by atoms with Gasteiger partial charge in [-0.25, -0.2) is 0 Å². The van der Waals surface area contributed by atoms with Gasteiger partial charge >= 0.3 is 0 Å². The van der Waals surface area contributed by atoms with E-state index in [2.05, 4.69) is 37.2 Å².